The van der Waals surface area contributed by atoms with E-state index in [1.807, 2.05) is 0 Å². The number of nitrogen functional groups attached to an aromatic ring is 2. The number of nitrogens with two attached hydrogens (primary N) is 2. The van der Waals surface area contributed by atoms with Gasteiger partial charge < -0.3 is 20.9 Å². The zero-order valence-electron chi connectivity index (χ0n) is 16.5. The summed E-state index contributed by atoms with van der Waals surface area (Å²) in [5.41, 5.74) is 13.0. The van der Waals surface area contributed by atoms with Crippen molar-refractivity contribution in [3.8, 4) is 11.5 Å². The summed E-state index contributed by atoms with van der Waals surface area (Å²) in [5, 5.41) is 15.7. The summed E-state index contributed by atoms with van der Waals surface area (Å²) in [6, 6.07) is 13.4. The molecule has 0 unspecified atom stereocenters. The highest BCUT2D eigenvalue weighted by molar-refractivity contribution is 6.50. The van der Waals surface area contributed by atoms with E-state index in [2.05, 4.69) is 0 Å². The van der Waals surface area contributed by atoms with E-state index >= 15 is 0 Å². The van der Waals surface area contributed by atoms with Crippen LogP contribution >= 0.6 is 46.4 Å². The Morgan fingerprint density at radius 1 is 0.594 bits per heavy atom. The smallest absolute Gasteiger partial charge is 0.122 e. The zero-order chi connectivity index (χ0) is 23.4. The van der Waals surface area contributed by atoms with E-state index in [4.69, 9.17) is 78.2 Å². The molecule has 3 rings (SSSR count). The lowest BCUT2D eigenvalue weighted by Gasteiger charge is -2.17. The molecule has 0 radical (unpaired) electrons. The minimum absolute atomic E-state index is 0.0345. The third kappa shape index (κ3) is 5.40. The van der Waals surface area contributed by atoms with Crippen LogP contribution in [-0.4, -0.2) is 11.7 Å². The lowest BCUT2D eigenvalue weighted by Crippen LogP contribution is -2.10. The summed E-state index contributed by atoms with van der Waals surface area (Å²) in [6.45, 7) is 0.0720. The quantitative estimate of drug-likeness (QED) is 0.128. The Kier molecular flexibility index (Phi) is 7.74. The van der Waals surface area contributed by atoms with Crippen molar-refractivity contribution in [1.82, 2.24) is 0 Å². The van der Waals surface area contributed by atoms with Crippen molar-refractivity contribution in [1.29, 1.82) is 10.8 Å². The molecule has 6 nitrogen and oxygen atoms in total. The Bertz CT molecular complexity index is 1080. The number of hydrogen-bond acceptors (Lipinski definition) is 4. The van der Waals surface area contributed by atoms with Crippen LogP contribution in [-0.2, 0) is 13.2 Å². The first kappa shape index (κ1) is 24.0. The monoisotopic (exact) mass is 510 g/mol. The SMILES string of the molecule is N=C(N)c1ccc(OCc2c(Cl)c(Cl)c(Cl)c(COc3ccc(C(=N)N)cc3)c2Cl)cc1. The number of rotatable bonds is 8. The summed E-state index contributed by atoms with van der Waals surface area (Å²) in [5.74, 6) is 1.01. The molecule has 0 spiro atoms. The van der Waals surface area contributed by atoms with Gasteiger partial charge in [-0.15, -0.1) is 0 Å². The van der Waals surface area contributed by atoms with Crippen molar-refractivity contribution < 1.29 is 9.47 Å². The number of hydrogen-bond donors (Lipinski definition) is 4. The fraction of sp³-hybridized carbons (Fsp3) is 0.0909. The Labute approximate surface area is 204 Å². The van der Waals surface area contributed by atoms with Crippen molar-refractivity contribution in [3.05, 3.63) is 90.9 Å². The molecule has 0 atom stereocenters. The van der Waals surface area contributed by atoms with Crippen LogP contribution in [0.15, 0.2) is 48.5 Å². The molecule has 166 valence electrons. The van der Waals surface area contributed by atoms with Gasteiger partial charge in [-0.05, 0) is 48.5 Å². The molecule has 0 aliphatic carbocycles. The average Bonchev–Trinajstić information content (AvgIpc) is 2.78. The predicted molar refractivity (Wildman–Crippen MR) is 130 cm³/mol. The molecule has 3 aromatic carbocycles. The largest absolute Gasteiger partial charge is 0.489 e. The molecule has 6 N–H and O–H groups in total. The number of benzene rings is 3. The zero-order valence-corrected chi connectivity index (χ0v) is 19.5. The molecule has 3 aromatic rings. The molecule has 0 fully saturated rings. The maximum atomic E-state index is 7.44. The first-order valence-electron chi connectivity index (χ1n) is 9.17. The van der Waals surface area contributed by atoms with Crippen molar-refractivity contribution in [3.63, 3.8) is 0 Å². The van der Waals surface area contributed by atoms with E-state index in [0.29, 0.717) is 33.8 Å². The third-order valence-electron chi connectivity index (χ3n) is 4.54. The minimum Gasteiger partial charge on any atom is -0.489 e. The van der Waals surface area contributed by atoms with Crippen LogP contribution < -0.4 is 20.9 Å². The Balaban J connectivity index is 1.80. The third-order valence-corrected chi connectivity index (χ3v) is 6.40. The van der Waals surface area contributed by atoms with Crippen LogP contribution in [0.25, 0.3) is 0 Å². The van der Waals surface area contributed by atoms with E-state index < -0.39 is 0 Å². The van der Waals surface area contributed by atoms with Crippen LogP contribution in [0.3, 0.4) is 0 Å². The Morgan fingerprint density at radius 2 is 0.938 bits per heavy atom. The highest BCUT2D eigenvalue weighted by Crippen LogP contribution is 2.42. The molecule has 0 saturated heterocycles. The van der Waals surface area contributed by atoms with Crippen molar-refractivity contribution in [2.24, 2.45) is 11.5 Å². The topological polar surface area (TPSA) is 118 Å². The molecule has 32 heavy (non-hydrogen) atoms. The molecule has 0 bridgehead atoms. The average molecular weight is 512 g/mol. The number of halogens is 4. The first-order valence-corrected chi connectivity index (χ1v) is 10.7. The van der Waals surface area contributed by atoms with Crippen molar-refractivity contribution >= 4 is 58.1 Å². The van der Waals surface area contributed by atoms with E-state index in [0.717, 1.165) is 0 Å². The van der Waals surface area contributed by atoms with Gasteiger partial charge in [0.2, 0.25) is 0 Å². The molecule has 0 amide bonds. The lowest BCUT2D eigenvalue weighted by molar-refractivity contribution is 0.300. The van der Waals surface area contributed by atoms with Crippen LogP contribution in [0.1, 0.15) is 22.3 Å². The summed E-state index contributed by atoms with van der Waals surface area (Å²) < 4.78 is 11.6. The van der Waals surface area contributed by atoms with Gasteiger partial charge in [0.25, 0.3) is 0 Å². The lowest BCUT2D eigenvalue weighted by atomic mass is 10.1. The number of nitrogens with one attached hydrogen (secondary N) is 2. The van der Waals surface area contributed by atoms with Crippen LogP contribution in [0, 0.1) is 10.8 Å². The van der Waals surface area contributed by atoms with E-state index in [1.165, 1.54) is 0 Å². The van der Waals surface area contributed by atoms with Crippen LogP contribution in [0.2, 0.25) is 20.1 Å². The molecule has 0 aliphatic heterocycles. The van der Waals surface area contributed by atoms with Gasteiger partial charge in [0, 0.05) is 22.3 Å². The maximum absolute atomic E-state index is 7.44. The summed E-state index contributed by atoms with van der Waals surface area (Å²) in [6.07, 6.45) is 0. The van der Waals surface area contributed by atoms with Gasteiger partial charge in [0.05, 0.1) is 20.1 Å². The Morgan fingerprint density at radius 3 is 1.25 bits per heavy atom. The highest BCUT2D eigenvalue weighted by atomic mass is 35.5. The van der Waals surface area contributed by atoms with Gasteiger partial charge >= 0.3 is 0 Å². The second kappa shape index (κ2) is 10.3. The molecule has 0 heterocycles. The maximum Gasteiger partial charge on any atom is 0.122 e. The van der Waals surface area contributed by atoms with Gasteiger partial charge in [-0.2, -0.15) is 0 Å². The highest BCUT2D eigenvalue weighted by Gasteiger charge is 2.21. The van der Waals surface area contributed by atoms with Crippen molar-refractivity contribution in [2.75, 3.05) is 0 Å². The van der Waals surface area contributed by atoms with Gasteiger partial charge in [0.15, 0.2) is 0 Å². The fourth-order valence-corrected chi connectivity index (χ4v) is 3.92. The minimum atomic E-state index is -0.0345. The number of ether oxygens (including phenoxy) is 2. The Hall–Kier alpha value is -2.64. The van der Waals surface area contributed by atoms with Crippen LogP contribution in [0.4, 0.5) is 0 Å². The summed E-state index contributed by atoms with van der Waals surface area (Å²) >= 11 is 25.7. The molecule has 0 aliphatic rings. The summed E-state index contributed by atoms with van der Waals surface area (Å²) in [4.78, 5) is 0. The number of amidine groups is 2. The van der Waals surface area contributed by atoms with Gasteiger partial charge in [-0.3, -0.25) is 10.8 Å². The van der Waals surface area contributed by atoms with Gasteiger partial charge in [-0.1, -0.05) is 46.4 Å². The first-order chi connectivity index (χ1) is 15.2. The van der Waals surface area contributed by atoms with Crippen molar-refractivity contribution in [2.45, 2.75) is 13.2 Å². The fourth-order valence-electron chi connectivity index (χ4n) is 2.76. The summed E-state index contributed by atoms with van der Waals surface area (Å²) in [7, 11) is 0. The van der Waals surface area contributed by atoms with Gasteiger partial charge in [-0.25, -0.2) is 0 Å². The molecular formula is C22H18Cl4N4O2. The molecule has 0 aromatic heterocycles. The second-order valence-corrected chi connectivity index (χ2v) is 8.18. The standard InChI is InChI=1S/C22H18Cl4N4O2/c23-17-15(9-31-13-5-1-11(2-6-13)21(27)28)18(24)20(26)19(25)16(17)10-32-14-7-3-12(4-8-14)22(29)30/h1-8H,9-10H2,(H3,27,28)(H3,29,30). The second-order valence-electron chi connectivity index (χ2n) is 6.67. The normalized spacial score (nSPS) is 10.6. The van der Waals surface area contributed by atoms with E-state index in [-0.39, 0.29) is 45.0 Å². The van der Waals surface area contributed by atoms with E-state index in [9.17, 15) is 0 Å². The van der Waals surface area contributed by atoms with Gasteiger partial charge in [0.1, 0.15) is 36.4 Å². The molecular weight excluding hydrogens is 494 g/mol. The van der Waals surface area contributed by atoms with Crippen LogP contribution in [0.5, 0.6) is 11.5 Å². The predicted octanol–water partition coefficient (Wildman–Crippen LogP) is 6.03. The molecule has 0 saturated carbocycles. The van der Waals surface area contributed by atoms with E-state index in [1.54, 1.807) is 48.5 Å². The molecule has 10 heteroatoms.